The second-order valence-electron chi connectivity index (χ2n) is 8.34. The quantitative estimate of drug-likeness (QED) is 0.342. The van der Waals surface area contributed by atoms with Gasteiger partial charge in [-0.1, -0.05) is 18.2 Å². The predicted molar refractivity (Wildman–Crippen MR) is 121 cm³/mol. The van der Waals surface area contributed by atoms with Gasteiger partial charge in [-0.15, -0.1) is 0 Å². The van der Waals surface area contributed by atoms with E-state index < -0.39 is 11.7 Å². The van der Waals surface area contributed by atoms with Crippen LogP contribution in [0.15, 0.2) is 36.4 Å². The van der Waals surface area contributed by atoms with E-state index in [9.17, 15) is 22.8 Å². The number of halogens is 3. The summed E-state index contributed by atoms with van der Waals surface area (Å²) >= 11 is 0. The number of carbonyl (C=O) groups excluding carboxylic acids is 2. The van der Waals surface area contributed by atoms with Crippen molar-refractivity contribution in [3.63, 3.8) is 0 Å². The lowest BCUT2D eigenvalue weighted by Crippen LogP contribution is -2.39. The highest BCUT2D eigenvalue weighted by Crippen LogP contribution is 2.40. The van der Waals surface area contributed by atoms with Crippen molar-refractivity contribution in [1.82, 2.24) is 4.90 Å². The fourth-order valence-corrected chi connectivity index (χ4v) is 4.32. The highest BCUT2D eigenvalue weighted by Gasteiger charge is 2.35. The van der Waals surface area contributed by atoms with Crippen LogP contribution in [0.3, 0.4) is 0 Å². The average Bonchev–Trinajstić information content (AvgIpc) is 2.86. The van der Waals surface area contributed by atoms with Gasteiger partial charge in [0.25, 0.3) is 0 Å². The zero-order valence-electron chi connectivity index (χ0n) is 19.2. The Morgan fingerprint density at radius 1 is 1.23 bits per heavy atom. The summed E-state index contributed by atoms with van der Waals surface area (Å²) in [6, 6.07) is 9.78. The Hall–Kier alpha value is -3.33. The van der Waals surface area contributed by atoms with Crippen molar-refractivity contribution in [2.75, 3.05) is 26.3 Å². The van der Waals surface area contributed by atoms with Crippen molar-refractivity contribution >= 4 is 18.0 Å². The van der Waals surface area contributed by atoms with E-state index in [1.54, 1.807) is 24.0 Å². The van der Waals surface area contributed by atoms with Gasteiger partial charge in [-0.05, 0) is 55.2 Å². The second kappa shape index (κ2) is 10.5. The highest BCUT2D eigenvalue weighted by molar-refractivity contribution is 5.93. The number of fused-ring (bicyclic) bond motifs is 1. The number of nitrogens with zero attached hydrogens (tertiary/aromatic N) is 1. The van der Waals surface area contributed by atoms with Gasteiger partial charge in [0, 0.05) is 36.7 Å². The molecule has 1 fully saturated rings. The van der Waals surface area contributed by atoms with E-state index in [4.69, 9.17) is 14.5 Å². The Bertz CT molecular complexity index is 1120. The Morgan fingerprint density at radius 3 is 2.71 bits per heavy atom. The van der Waals surface area contributed by atoms with Gasteiger partial charge >= 0.3 is 12.1 Å². The lowest BCUT2D eigenvalue weighted by Gasteiger charge is -2.30. The molecule has 1 radical (unpaired) electrons. The number of likely N-dealkylation sites (tertiary alicyclic amines) is 1. The number of piperidine rings is 1. The summed E-state index contributed by atoms with van der Waals surface area (Å²) in [5.41, 5.74) is 0.371. The van der Waals surface area contributed by atoms with Gasteiger partial charge in [0.05, 0.1) is 24.7 Å². The number of ether oxygens (including phenoxy) is 1. The standard InChI is InChI=1S/C26H25F3NO5/c1-2-33-25(32)18-10-13-30(14-11-18)23(31)9-7-17-4-3-5-21(26(27,28)29)24(17)20-6-8-22-19(16-20)12-15-34-35-22/h3-4,6-9,16,18H,2,10-15H2,1H3/b9-7+. The molecule has 1 amide bonds. The van der Waals surface area contributed by atoms with Crippen molar-refractivity contribution in [3.05, 3.63) is 59.2 Å². The lowest BCUT2D eigenvalue weighted by atomic mass is 9.91. The molecule has 185 valence electrons. The first kappa shape index (κ1) is 24.8. The van der Waals surface area contributed by atoms with E-state index in [1.165, 1.54) is 30.4 Å². The van der Waals surface area contributed by atoms with Crippen LogP contribution in [0.4, 0.5) is 13.2 Å². The van der Waals surface area contributed by atoms with Crippen molar-refractivity contribution in [1.29, 1.82) is 0 Å². The third-order valence-corrected chi connectivity index (χ3v) is 6.10. The molecule has 2 aliphatic heterocycles. The maximum Gasteiger partial charge on any atom is 0.417 e. The van der Waals surface area contributed by atoms with E-state index in [-0.39, 0.29) is 28.9 Å². The van der Waals surface area contributed by atoms with Crippen LogP contribution in [-0.2, 0) is 31.8 Å². The van der Waals surface area contributed by atoms with Crippen molar-refractivity contribution in [3.8, 4) is 16.9 Å². The van der Waals surface area contributed by atoms with Crippen LogP contribution in [0, 0.1) is 12.0 Å². The summed E-state index contributed by atoms with van der Waals surface area (Å²) in [6.45, 7) is 3.11. The minimum absolute atomic E-state index is 0.0561. The molecule has 9 heteroatoms. The van der Waals surface area contributed by atoms with E-state index in [2.05, 4.69) is 6.07 Å². The van der Waals surface area contributed by atoms with Gasteiger partial charge in [-0.2, -0.15) is 18.1 Å². The topological polar surface area (TPSA) is 65.1 Å². The normalized spacial score (nSPS) is 16.6. The van der Waals surface area contributed by atoms with Crippen molar-refractivity contribution < 1.29 is 37.3 Å². The monoisotopic (exact) mass is 488 g/mol. The number of hydrogen-bond acceptors (Lipinski definition) is 5. The van der Waals surface area contributed by atoms with Crippen LogP contribution < -0.4 is 4.89 Å². The van der Waals surface area contributed by atoms with Gasteiger partial charge in [0.2, 0.25) is 5.91 Å². The fourth-order valence-electron chi connectivity index (χ4n) is 4.32. The summed E-state index contributed by atoms with van der Waals surface area (Å²) in [5.74, 6) is -0.364. The molecule has 35 heavy (non-hydrogen) atoms. The molecule has 0 aliphatic carbocycles. The average molecular weight is 488 g/mol. The molecule has 6 nitrogen and oxygen atoms in total. The minimum atomic E-state index is -4.63. The summed E-state index contributed by atoms with van der Waals surface area (Å²) in [6.07, 6.45) is -0.470. The molecule has 1 saturated heterocycles. The first-order chi connectivity index (χ1) is 16.8. The molecule has 2 aromatic rings. The third kappa shape index (κ3) is 5.67. The molecule has 0 aromatic heterocycles. The van der Waals surface area contributed by atoms with Gasteiger partial charge in [-0.3, -0.25) is 9.59 Å². The smallest absolute Gasteiger partial charge is 0.417 e. The van der Waals surface area contributed by atoms with Crippen molar-refractivity contribution in [2.24, 2.45) is 5.92 Å². The fraction of sp³-hybridized carbons (Fsp3) is 0.385. The van der Waals surface area contributed by atoms with Gasteiger partial charge in [-0.25, -0.2) is 0 Å². The molecule has 2 aromatic carbocycles. The molecule has 0 unspecified atom stereocenters. The summed E-state index contributed by atoms with van der Waals surface area (Å²) in [7, 11) is 0. The van der Waals surface area contributed by atoms with E-state index in [0.29, 0.717) is 56.9 Å². The van der Waals surface area contributed by atoms with Crippen LogP contribution in [0.25, 0.3) is 17.2 Å². The number of amides is 1. The number of benzene rings is 2. The Labute approximate surface area is 201 Å². The third-order valence-electron chi connectivity index (χ3n) is 6.10. The van der Waals surface area contributed by atoms with E-state index >= 15 is 0 Å². The van der Waals surface area contributed by atoms with Crippen molar-refractivity contribution in [2.45, 2.75) is 32.4 Å². The minimum Gasteiger partial charge on any atom is -0.466 e. The van der Waals surface area contributed by atoms with Crippen LogP contribution in [0.5, 0.6) is 5.75 Å². The van der Waals surface area contributed by atoms with Gasteiger partial charge < -0.3 is 14.5 Å². The van der Waals surface area contributed by atoms with Crippen LogP contribution >= 0.6 is 0 Å². The molecule has 2 heterocycles. The molecule has 0 N–H and O–H groups in total. The molecule has 0 saturated carbocycles. The zero-order valence-corrected chi connectivity index (χ0v) is 19.2. The molecular formula is C26H25F3NO5. The first-order valence-electron chi connectivity index (χ1n) is 11.5. The Balaban J connectivity index is 1.59. The SMILES string of the molecule is CCOC(=O)C1CCN(C(=O)/C=C/c2cc[c]c(C(F)(F)F)c2-c2ccc3c(c2)CCOO3)CC1. The summed E-state index contributed by atoms with van der Waals surface area (Å²) < 4.78 is 46.7. The van der Waals surface area contributed by atoms with Crippen LogP contribution in [0.2, 0.25) is 0 Å². The van der Waals surface area contributed by atoms with Crippen LogP contribution in [0.1, 0.15) is 36.5 Å². The van der Waals surface area contributed by atoms with E-state index in [1.807, 2.05) is 0 Å². The lowest BCUT2D eigenvalue weighted by molar-refractivity contribution is -0.215. The Kier molecular flexibility index (Phi) is 7.45. The zero-order chi connectivity index (χ0) is 25.0. The first-order valence-corrected chi connectivity index (χ1v) is 11.5. The summed E-state index contributed by atoms with van der Waals surface area (Å²) in [4.78, 5) is 36.3. The number of alkyl halides is 3. The number of rotatable bonds is 5. The molecule has 0 atom stereocenters. The van der Waals surface area contributed by atoms with Gasteiger partial charge in [0.15, 0.2) is 5.75 Å². The number of carbonyl (C=O) groups is 2. The molecular weight excluding hydrogens is 463 g/mol. The maximum atomic E-state index is 13.9. The van der Waals surface area contributed by atoms with Crippen LogP contribution in [-0.4, -0.2) is 43.1 Å². The van der Waals surface area contributed by atoms with E-state index in [0.717, 1.165) is 5.56 Å². The second-order valence-corrected chi connectivity index (χ2v) is 8.34. The molecule has 0 spiro atoms. The van der Waals surface area contributed by atoms with Gasteiger partial charge in [0.1, 0.15) is 0 Å². The number of hydrogen-bond donors (Lipinski definition) is 0. The molecule has 4 rings (SSSR count). The molecule has 0 bridgehead atoms. The summed E-state index contributed by atoms with van der Waals surface area (Å²) in [5, 5.41) is 0. The number of esters is 1. The predicted octanol–water partition coefficient (Wildman–Crippen LogP) is 4.85. The largest absolute Gasteiger partial charge is 0.466 e. The Morgan fingerprint density at radius 2 is 2.00 bits per heavy atom. The highest BCUT2D eigenvalue weighted by atomic mass is 19.4. The molecule has 2 aliphatic rings. The maximum absolute atomic E-state index is 13.9.